The number of nitrogens with zero attached hydrogens (tertiary/aromatic N) is 2. The van der Waals surface area contributed by atoms with Crippen LogP contribution in [0.5, 0.6) is 0 Å². The highest BCUT2D eigenvalue weighted by Gasteiger charge is 2.22. The van der Waals surface area contributed by atoms with Crippen molar-refractivity contribution in [1.29, 1.82) is 0 Å². The molecule has 0 radical (unpaired) electrons. The number of carbonyl (C=O) groups is 1. The second-order valence-electron chi connectivity index (χ2n) is 5.23. The molecule has 21 heavy (non-hydrogen) atoms. The maximum Gasteiger partial charge on any atom is 0.224 e. The fourth-order valence-corrected chi connectivity index (χ4v) is 2.34. The maximum atomic E-state index is 11.6. The molecule has 1 fully saturated rings. The van der Waals surface area contributed by atoms with Gasteiger partial charge in [-0.05, 0) is 43.0 Å². The van der Waals surface area contributed by atoms with Gasteiger partial charge in [0.2, 0.25) is 11.2 Å². The number of carbonyl (C=O) groups excluding carboxylic acids is 1. The normalized spacial score (nSPS) is 14.1. The predicted molar refractivity (Wildman–Crippen MR) is 83.4 cm³/mol. The summed E-state index contributed by atoms with van der Waals surface area (Å²) >= 11 is 5.92. The molecule has 0 saturated heterocycles. The van der Waals surface area contributed by atoms with E-state index in [4.69, 9.17) is 11.6 Å². The second kappa shape index (κ2) is 6.26. The third-order valence-electron chi connectivity index (χ3n) is 3.39. The van der Waals surface area contributed by atoms with E-state index in [2.05, 4.69) is 20.6 Å². The molecular weight excluding hydrogens is 288 g/mol. The van der Waals surface area contributed by atoms with Crippen molar-refractivity contribution >= 4 is 34.2 Å². The lowest BCUT2D eigenvalue weighted by atomic mass is 10.2. The van der Waals surface area contributed by atoms with Gasteiger partial charge in [0, 0.05) is 24.4 Å². The molecule has 1 aromatic carbocycles. The molecular formula is C15H17ClN4O. The van der Waals surface area contributed by atoms with Crippen LogP contribution >= 0.6 is 11.6 Å². The number of amides is 1. The van der Waals surface area contributed by atoms with Gasteiger partial charge in [-0.2, -0.15) is 0 Å². The van der Waals surface area contributed by atoms with Crippen LogP contribution in [0.25, 0.3) is 10.9 Å². The molecule has 1 aliphatic carbocycles. The molecule has 2 aromatic rings. The Morgan fingerprint density at radius 1 is 1.29 bits per heavy atom. The van der Waals surface area contributed by atoms with Crippen molar-refractivity contribution in [1.82, 2.24) is 15.3 Å². The maximum absolute atomic E-state index is 11.6. The highest BCUT2D eigenvalue weighted by Crippen LogP contribution is 2.22. The highest BCUT2D eigenvalue weighted by molar-refractivity contribution is 6.28. The van der Waals surface area contributed by atoms with E-state index >= 15 is 0 Å². The molecule has 1 saturated carbocycles. The van der Waals surface area contributed by atoms with Crippen molar-refractivity contribution in [3.05, 3.63) is 29.5 Å². The fourth-order valence-electron chi connectivity index (χ4n) is 2.17. The van der Waals surface area contributed by atoms with Gasteiger partial charge in [0.1, 0.15) is 5.82 Å². The summed E-state index contributed by atoms with van der Waals surface area (Å²) in [7, 11) is 0. The SMILES string of the molecule is O=C(CCCNc1nc(Cl)nc2ccccc12)NC1CC1. The lowest BCUT2D eigenvalue weighted by molar-refractivity contribution is -0.121. The zero-order valence-corrected chi connectivity index (χ0v) is 12.4. The van der Waals surface area contributed by atoms with Gasteiger partial charge in [-0.15, -0.1) is 0 Å². The van der Waals surface area contributed by atoms with Gasteiger partial charge in [0.05, 0.1) is 5.52 Å². The first-order chi connectivity index (χ1) is 10.2. The van der Waals surface area contributed by atoms with Crippen LogP contribution in [0.1, 0.15) is 25.7 Å². The fraction of sp³-hybridized carbons (Fsp3) is 0.400. The molecule has 1 heterocycles. The topological polar surface area (TPSA) is 66.9 Å². The summed E-state index contributed by atoms with van der Waals surface area (Å²) in [6.07, 6.45) is 3.53. The minimum atomic E-state index is 0.130. The van der Waals surface area contributed by atoms with Crippen LogP contribution < -0.4 is 10.6 Å². The van der Waals surface area contributed by atoms with Gasteiger partial charge < -0.3 is 10.6 Å². The first kappa shape index (κ1) is 14.1. The quantitative estimate of drug-likeness (QED) is 0.636. The molecule has 1 aliphatic rings. The molecule has 0 spiro atoms. The molecule has 0 aliphatic heterocycles. The summed E-state index contributed by atoms with van der Waals surface area (Å²) in [5.74, 6) is 0.845. The minimum absolute atomic E-state index is 0.130. The van der Waals surface area contributed by atoms with E-state index in [1.54, 1.807) is 0 Å². The van der Waals surface area contributed by atoms with E-state index in [0.717, 1.165) is 30.2 Å². The molecule has 0 bridgehead atoms. The number of hydrogen-bond donors (Lipinski definition) is 2. The Kier molecular flexibility index (Phi) is 4.20. The Hall–Kier alpha value is -1.88. The van der Waals surface area contributed by atoms with E-state index in [9.17, 15) is 4.79 Å². The van der Waals surface area contributed by atoms with E-state index in [1.807, 2.05) is 24.3 Å². The average molecular weight is 305 g/mol. The number of para-hydroxylation sites is 1. The number of rotatable bonds is 6. The Bertz CT molecular complexity index is 657. The van der Waals surface area contributed by atoms with Crippen LogP contribution in [0.4, 0.5) is 5.82 Å². The van der Waals surface area contributed by atoms with Crippen LogP contribution in [-0.2, 0) is 4.79 Å². The van der Waals surface area contributed by atoms with E-state index in [0.29, 0.717) is 24.8 Å². The van der Waals surface area contributed by atoms with E-state index < -0.39 is 0 Å². The number of halogens is 1. The number of aromatic nitrogens is 2. The third kappa shape index (κ3) is 3.82. The third-order valence-corrected chi connectivity index (χ3v) is 3.56. The summed E-state index contributed by atoms with van der Waals surface area (Å²) in [6, 6.07) is 8.13. The largest absolute Gasteiger partial charge is 0.369 e. The first-order valence-electron chi connectivity index (χ1n) is 7.18. The second-order valence-corrected chi connectivity index (χ2v) is 5.57. The summed E-state index contributed by atoms with van der Waals surface area (Å²) in [5.41, 5.74) is 0.812. The standard InChI is InChI=1S/C15H17ClN4O/c16-15-19-12-5-2-1-4-11(12)14(20-15)17-9-3-6-13(21)18-10-7-8-10/h1-2,4-5,10H,3,6-9H2,(H,18,21)(H,17,19,20). The highest BCUT2D eigenvalue weighted by atomic mass is 35.5. The van der Waals surface area contributed by atoms with Crippen molar-refractivity contribution in [3.8, 4) is 0 Å². The molecule has 0 atom stereocenters. The summed E-state index contributed by atoms with van der Waals surface area (Å²) in [6.45, 7) is 0.676. The Morgan fingerprint density at radius 3 is 2.90 bits per heavy atom. The Balaban J connectivity index is 1.56. The zero-order chi connectivity index (χ0) is 14.7. The van der Waals surface area contributed by atoms with Crippen LogP contribution in [0.3, 0.4) is 0 Å². The van der Waals surface area contributed by atoms with Crippen LogP contribution in [0, 0.1) is 0 Å². The van der Waals surface area contributed by atoms with Crippen molar-refractivity contribution in [2.24, 2.45) is 0 Å². The summed E-state index contributed by atoms with van der Waals surface area (Å²) in [5, 5.41) is 7.37. The van der Waals surface area contributed by atoms with E-state index in [-0.39, 0.29) is 11.2 Å². The smallest absolute Gasteiger partial charge is 0.224 e. The zero-order valence-electron chi connectivity index (χ0n) is 11.6. The first-order valence-corrected chi connectivity index (χ1v) is 7.56. The van der Waals surface area contributed by atoms with Gasteiger partial charge in [-0.25, -0.2) is 9.97 Å². The van der Waals surface area contributed by atoms with Gasteiger partial charge in [-0.1, -0.05) is 12.1 Å². The van der Waals surface area contributed by atoms with Gasteiger partial charge in [-0.3, -0.25) is 4.79 Å². The summed E-state index contributed by atoms with van der Waals surface area (Å²) < 4.78 is 0. The monoisotopic (exact) mass is 304 g/mol. The number of benzene rings is 1. The van der Waals surface area contributed by atoms with Gasteiger partial charge in [0.15, 0.2) is 0 Å². The summed E-state index contributed by atoms with van der Waals surface area (Å²) in [4.78, 5) is 20.0. The van der Waals surface area contributed by atoms with Crippen LogP contribution in [0.15, 0.2) is 24.3 Å². The Labute approximate surface area is 128 Å². The van der Waals surface area contributed by atoms with Gasteiger partial charge >= 0.3 is 0 Å². The number of hydrogen-bond acceptors (Lipinski definition) is 4. The molecule has 110 valence electrons. The van der Waals surface area contributed by atoms with Crippen molar-refractivity contribution in [2.45, 2.75) is 31.7 Å². The molecule has 3 rings (SSSR count). The number of fused-ring (bicyclic) bond motifs is 1. The lowest BCUT2D eigenvalue weighted by Crippen LogP contribution is -2.25. The molecule has 0 unspecified atom stereocenters. The van der Waals surface area contributed by atoms with Crippen molar-refractivity contribution in [2.75, 3.05) is 11.9 Å². The predicted octanol–water partition coefficient (Wildman–Crippen LogP) is 2.75. The number of nitrogens with one attached hydrogen (secondary N) is 2. The van der Waals surface area contributed by atoms with Crippen LogP contribution in [0.2, 0.25) is 5.28 Å². The van der Waals surface area contributed by atoms with Crippen molar-refractivity contribution in [3.63, 3.8) is 0 Å². The number of anilines is 1. The molecule has 1 aromatic heterocycles. The lowest BCUT2D eigenvalue weighted by Gasteiger charge is -2.09. The molecule has 5 nitrogen and oxygen atoms in total. The average Bonchev–Trinajstić information content (AvgIpc) is 3.27. The molecule has 1 amide bonds. The Morgan fingerprint density at radius 2 is 2.10 bits per heavy atom. The van der Waals surface area contributed by atoms with Crippen molar-refractivity contribution < 1.29 is 4.79 Å². The minimum Gasteiger partial charge on any atom is -0.369 e. The van der Waals surface area contributed by atoms with Gasteiger partial charge in [0.25, 0.3) is 0 Å². The van der Waals surface area contributed by atoms with E-state index in [1.165, 1.54) is 0 Å². The molecule has 2 N–H and O–H groups in total. The molecule has 6 heteroatoms. The van der Waals surface area contributed by atoms with Crippen LogP contribution in [-0.4, -0.2) is 28.5 Å².